The van der Waals surface area contributed by atoms with Crippen LogP contribution in [-0.2, 0) is 6.42 Å². The molecule has 0 aliphatic rings. The number of aliphatic hydroxyl groups excluding tert-OH is 1. The molecule has 0 aliphatic carbocycles. The van der Waals surface area contributed by atoms with Crippen molar-refractivity contribution in [2.45, 2.75) is 103 Å². The van der Waals surface area contributed by atoms with E-state index in [4.69, 9.17) is 0 Å². The van der Waals surface area contributed by atoms with E-state index in [2.05, 4.69) is 62.6 Å². The van der Waals surface area contributed by atoms with E-state index in [9.17, 15) is 5.11 Å². The minimum absolute atomic E-state index is 0.272. The predicted octanol–water partition coefficient (Wildman–Crippen LogP) is 7.31. The quantitative estimate of drug-likeness (QED) is 0.267. The van der Waals surface area contributed by atoms with Crippen LogP contribution < -0.4 is 0 Å². The van der Waals surface area contributed by atoms with Crippen molar-refractivity contribution in [3.05, 3.63) is 47.2 Å². The third kappa shape index (κ3) is 11.7. The molecule has 0 spiro atoms. The lowest BCUT2D eigenvalue weighted by atomic mass is 9.97. The molecule has 0 fully saturated rings. The Labute approximate surface area is 163 Å². The van der Waals surface area contributed by atoms with Crippen LogP contribution in [0, 0.1) is 0 Å². The van der Waals surface area contributed by atoms with Crippen LogP contribution in [0.25, 0.3) is 0 Å². The summed E-state index contributed by atoms with van der Waals surface area (Å²) in [5.74, 6) is 0. The maximum Gasteiger partial charge on any atom is 0.0749 e. The summed E-state index contributed by atoms with van der Waals surface area (Å²) < 4.78 is 0. The van der Waals surface area contributed by atoms with Gasteiger partial charge in [-0.2, -0.15) is 0 Å². The standard InChI is InChI=1S/C24H42OSi/c1-5-6-7-8-9-10-11-15-18-23(21-26(2,3)4)24(25)20-19-22-16-13-12-14-17-22/h12-14,16-17,21,24-25H,5-11,15,18-20H2,1-4H3/b23-21+. The second kappa shape index (κ2) is 13.3. The minimum Gasteiger partial charge on any atom is -0.389 e. The number of aliphatic hydroxyl groups is 1. The zero-order valence-corrected chi connectivity index (χ0v) is 18.8. The van der Waals surface area contributed by atoms with E-state index in [1.54, 1.807) is 0 Å². The first-order chi connectivity index (χ1) is 12.4. The Morgan fingerprint density at radius 2 is 1.50 bits per heavy atom. The molecule has 0 bridgehead atoms. The summed E-state index contributed by atoms with van der Waals surface area (Å²) in [4.78, 5) is 0. The Bertz CT molecular complexity index is 487. The predicted molar refractivity (Wildman–Crippen MR) is 119 cm³/mol. The summed E-state index contributed by atoms with van der Waals surface area (Å²) in [5, 5.41) is 10.8. The summed E-state index contributed by atoms with van der Waals surface area (Å²) in [6, 6.07) is 10.5. The first-order valence-corrected chi connectivity index (χ1v) is 14.4. The van der Waals surface area contributed by atoms with Crippen molar-refractivity contribution >= 4 is 8.07 Å². The highest BCUT2D eigenvalue weighted by Crippen LogP contribution is 2.21. The SMILES string of the molecule is CCCCCCCCCC/C(=C\[Si](C)(C)C)C(O)CCc1ccccc1. The normalized spacial score (nSPS) is 13.8. The Morgan fingerprint density at radius 3 is 2.08 bits per heavy atom. The number of hydrogen-bond acceptors (Lipinski definition) is 1. The smallest absolute Gasteiger partial charge is 0.0749 e. The van der Waals surface area contributed by atoms with E-state index in [0.717, 1.165) is 19.3 Å². The summed E-state index contributed by atoms with van der Waals surface area (Å²) in [6.07, 6.45) is 13.4. The Balaban J connectivity index is 2.40. The fourth-order valence-electron chi connectivity index (χ4n) is 3.49. The first kappa shape index (κ1) is 23.2. The lowest BCUT2D eigenvalue weighted by Crippen LogP contribution is -2.21. The van der Waals surface area contributed by atoms with Gasteiger partial charge in [-0.25, -0.2) is 0 Å². The highest BCUT2D eigenvalue weighted by molar-refractivity contribution is 6.81. The molecule has 0 aromatic heterocycles. The molecule has 0 amide bonds. The summed E-state index contributed by atoms with van der Waals surface area (Å²) in [6.45, 7) is 9.37. The molecule has 26 heavy (non-hydrogen) atoms. The highest BCUT2D eigenvalue weighted by atomic mass is 28.3. The van der Waals surface area contributed by atoms with Crippen LogP contribution in [0.15, 0.2) is 41.6 Å². The van der Waals surface area contributed by atoms with Crippen LogP contribution in [0.3, 0.4) is 0 Å². The topological polar surface area (TPSA) is 20.2 Å². The second-order valence-corrected chi connectivity index (χ2v) is 13.9. The monoisotopic (exact) mass is 374 g/mol. The van der Waals surface area contributed by atoms with Gasteiger partial charge >= 0.3 is 0 Å². The fraction of sp³-hybridized carbons (Fsp3) is 0.667. The molecular weight excluding hydrogens is 332 g/mol. The molecule has 0 aliphatic heterocycles. The zero-order chi connectivity index (χ0) is 19.3. The van der Waals surface area contributed by atoms with E-state index in [-0.39, 0.29) is 6.10 Å². The number of unbranched alkanes of at least 4 members (excludes halogenated alkanes) is 7. The fourth-order valence-corrected chi connectivity index (χ4v) is 4.94. The first-order valence-electron chi connectivity index (χ1n) is 10.9. The molecule has 0 saturated carbocycles. The molecule has 1 aromatic rings. The maximum absolute atomic E-state index is 10.8. The van der Waals surface area contributed by atoms with Gasteiger partial charge in [0.15, 0.2) is 0 Å². The van der Waals surface area contributed by atoms with Gasteiger partial charge in [-0.1, -0.05) is 108 Å². The van der Waals surface area contributed by atoms with Crippen LogP contribution in [0.5, 0.6) is 0 Å². The third-order valence-electron chi connectivity index (χ3n) is 4.91. The number of hydrogen-bond donors (Lipinski definition) is 1. The molecule has 1 atom stereocenters. The van der Waals surface area contributed by atoms with Gasteiger partial charge < -0.3 is 5.11 Å². The van der Waals surface area contributed by atoms with Crippen LogP contribution in [0.4, 0.5) is 0 Å². The Hall–Kier alpha value is -0.863. The van der Waals surface area contributed by atoms with Gasteiger partial charge in [0, 0.05) is 0 Å². The van der Waals surface area contributed by atoms with Crippen molar-refractivity contribution in [3.8, 4) is 0 Å². The summed E-state index contributed by atoms with van der Waals surface area (Å²) in [7, 11) is -1.30. The molecular formula is C24H42OSi. The molecule has 0 saturated heterocycles. The molecule has 148 valence electrons. The van der Waals surface area contributed by atoms with Gasteiger partial charge in [-0.15, -0.1) is 0 Å². The molecule has 2 heteroatoms. The average Bonchev–Trinajstić information content (AvgIpc) is 2.60. The van der Waals surface area contributed by atoms with Crippen LogP contribution in [0.1, 0.15) is 76.7 Å². The van der Waals surface area contributed by atoms with Gasteiger partial charge in [0.1, 0.15) is 0 Å². The van der Waals surface area contributed by atoms with Gasteiger partial charge in [0.05, 0.1) is 14.2 Å². The van der Waals surface area contributed by atoms with E-state index in [1.165, 1.54) is 62.5 Å². The number of rotatable bonds is 14. The van der Waals surface area contributed by atoms with E-state index >= 15 is 0 Å². The van der Waals surface area contributed by atoms with Gasteiger partial charge in [-0.05, 0) is 36.8 Å². The van der Waals surface area contributed by atoms with Crippen molar-refractivity contribution in [3.63, 3.8) is 0 Å². The molecule has 1 unspecified atom stereocenters. The number of aryl methyl sites for hydroxylation is 1. The molecule has 0 heterocycles. The van der Waals surface area contributed by atoms with Crippen LogP contribution in [-0.4, -0.2) is 19.3 Å². The Kier molecular flexibility index (Phi) is 11.9. The van der Waals surface area contributed by atoms with Crippen molar-refractivity contribution in [2.24, 2.45) is 0 Å². The lowest BCUT2D eigenvalue weighted by molar-refractivity contribution is 0.196. The zero-order valence-electron chi connectivity index (χ0n) is 17.8. The van der Waals surface area contributed by atoms with Gasteiger partial charge in [0.25, 0.3) is 0 Å². The molecule has 0 radical (unpaired) electrons. The van der Waals surface area contributed by atoms with E-state index < -0.39 is 8.07 Å². The Morgan fingerprint density at radius 1 is 0.923 bits per heavy atom. The third-order valence-corrected chi connectivity index (χ3v) is 6.15. The largest absolute Gasteiger partial charge is 0.389 e. The van der Waals surface area contributed by atoms with Crippen LogP contribution in [0.2, 0.25) is 19.6 Å². The van der Waals surface area contributed by atoms with Crippen molar-refractivity contribution in [1.82, 2.24) is 0 Å². The average molecular weight is 375 g/mol. The molecule has 1 N–H and O–H groups in total. The van der Waals surface area contributed by atoms with Crippen LogP contribution >= 0.6 is 0 Å². The molecule has 1 nitrogen and oxygen atoms in total. The summed E-state index contributed by atoms with van der Waals surface area (Å²) >= 11 is 0. The van der Waals surface area contributed by atoms with Gasteiger partial charge in [-0.3, -0.25) is 0 Å². The maximum atomic E-state index is 10.8. The molecule has 1 aromatic carbocycles. The van der Waals surface area contributed by atoms with Gasteiger partial charge in [0.2, 0.25) is 0 Å². The second-order valence-electron chi connectivity index (χ2n) is 8.85. The molecule has 1 rings (SSSR count). The minimum atomic E-state index is -1.30. The van der Waals surface area contributed by atoms with Crippen molar-refractivity contribution in [1.29, 1.82) is 0 Å². The van der Waals surface area contributed by atoms with Crippen molar-refractivity contribution in [2.75, 3.05) is 0 Å². The van der Waals surface area contributed by atoms with E-state index in [0.29, 0.717) is 0 Å². The lowest BCUT2D eigenvalue weighted by Gasteiger charge is -2.20. The van der Waals surface area contributed by atoms with E-state index in [1.807, 2.05) is 0 Å². The summed E-state index contributed by atoms with van der Waals surface area (Å²) in [5.41, 5.74) is 5.08. The number of benzene rings is 1. The van der Waals surface area contributed by atoms with Crippen molar-refractivity contribution < 1.29 is 5.11 Å². The highest BCUT2D eigenvalue weighted by Gasteiger charge is 2.16.